The van der Waals surface area contributed by atoms with E-state index in [9.17, 15) is 27.9 Å². The molecule has 0 aliphatic rings. The molecular formula is C22H20F3N3O4. The lowest BCUT2D eigenvalue weighted by Crippen LogP contribution is -2.38. The van der Waals surface area contributed by atoms with Crippen molar-refractivity contribution in [1.29, 1.82) is 0 Å². The van der Waals surface area contributed by atoms with E-state index < -0.39 is 41.8 Å². The number of hydrogen-bond acceptors (Lipinski definition) is 5. The average Bonchev–Trinajstić information content (AvgIpc) is 3.26. The quantitative estimate of drug-likeness (QED) is 0.536. The zero-order valence-corrected chi connectivity index (χ0v) is 17.0. The van der Waals surface area contributed by atoms with Crippen LogP contribution in [-0.4, -0.2) is 33.2 Å². The molecule has 0 unspecified atom stereocenters. The van der Waals surface area contributed by atoms with E-state index >= 15 is 0 Å². The molecular weight excluding hydrogens is 427 g/mol. The Kier molecular flexibility index (Phi) is 6.92. The first-order valence-corrected chi connectivity index (χ1v) is 9.72. The van der Waals surface area contributed by atoms with Crippen molar-refractivity contribution in [1.82, 2.24) is 15.5 Å². The van der Waals surface area contributed by atoms with Crippen molar-refractivity contribution in [3.8, 4) is 11.1 Å². The molecule has 1 heterocycles. The number of hydrogen-bond donors (Lipinski definition) is 2. The van der Waals surface area contributed by atoms with Crippen LogP contribution < -0.4 is 5.32 Å². The monoisotopic (exact) mass is 447 g/mol. The van der Waals surface area contributed by atoms with Gasteiger partial charge in [-0.05, 0) is 29.5 Å². The van der Waals surface area contributed by atoms with Crippen LogP contribution in [0.3, 0.4) is 0 Å². The Hall–Kier alpha value is -3.69. The molecule has 0 saturated carbocycles. The van der Waals surface area contributed by atoms with E-state index in [1.54, 1.807) is 0 Å². The molecule has 2 aromatic carbocycles. The first-order chi connectivity index (χ1) is 15.1. The third-order valence-corrected chi connectivity index (χ3v) is 4.80. The van der Waals surface area contributed by atoms with E-state index in [0.29, 0.717) is 0 Å². The molecule has 2 N–H and O–H groups in total. The van der Waals surface area contributed by atoms with E-state index in [0.717, 1.165) is 16.7 Å². The summed E-state index contributed by atoms with van der Waals surface area (Å²) in [6.07, 6.45) is -4.55. The highest BCUT2D eigenvalue weighted by Gasteiger charge is 2.39. The Morgan fingerprint density at radius 2 is 1.66 bits per heavy atom. The summed E-state index contributed by atoms with van der Waals surface area (Å²) in [5, 5.41) is 17.7. The van der Waals surface area contributed by atoms with Gasteiger partial charge in [0, 0.05) is 6.04 Å². The fraction of sp³-hybridized carbons (Fsp3) is 0.273. The van der Waals surface area contributed by atoms with Gasteiger partial charge < -0.3 is 14.8 Å². The molecule has 3 rings (SSSR count). The molecule has 0 aliphatic carbocycles. The van der Waals surface area contributed by atoms with Gasteiger partial charge in [0.25, 0.3) is 0 Å². The fourth-order valence-corrected chi connectivity index (χ4v) is 3.15. The van der Waals surface area contributed by atoms with Gasteiger partial charge in [-0.15, -0.1) is 10.2 Å². The lowest BCUT2D eigenvalue weighted by Gasteiger charge is -2.20. The van der Waals surface area contributed by atoms with Gasteiger partial charge in [-0.25, -0.2) is 0 Å². The number of rotatable bonds is 8. The number of nitrogens with one attached hydrogen (secondary N) is 1. The summed E-state index contributed by atoms with van der Waals surface area (Å²) in [5.74, 6) is -5.33. The lowest BCUT2D eigenvalue weighted by molar-refractivity contribution is -0.157. The van der Waals surface area contributed by atoms with Crippen molar-refractivity contribution in [3.05, 3.63) is 71.9 Å². The van der Waals surface area contributed by atoms with Crippen LogP contribution >= 0.6 is 0 Å². The Balaban J connectivity index is 1.74. The number of nitrogens with zero attached hydrogens (tertiary/aromatic N) is 2. The van der Waals surface area contributed by atoms with E-state index in [4.69, 9.17) is 0 Å². The molecule has 2 atom stereocenters. The summed E-state index contributed by atoms with van der Waals surface area (Å²) in [4.78, 5) is 23.6. The van der Waals surface area contributed by atoms with Gasteiger partial charge in [-0.2, -0.15) is 13.2 Å². The lowest BCUT2D eigenvalue weighted by atomic mass is 9.95. The van der Waals surface area contributed by atoms with Crippen LogP contribution in [0.1, 0.15) is 35.5 Å². The van der Waals surface area contributed by atoms with Crippen LogP contribution in [0.2, 0.25) is 0 Å². The fourth-order valence-electron chi connectivity index (χ4n) is 3.15. The zero-order chi connectivity index (χ0) is 23.3. The Morgan fingerprint density at radius 1 is 1.03 bits per heavy atom. The number of carbonyl (C=O) groups excluding carboxylic acids is 1. The molecule has 32 heavy (non-hydrogen) atoms. The standard InChI is InChI=1S/C22H20F3N3O4/c1-13(20(30)31)11-17(26-18(29)19-27-28-21(32-19)22(23,24)25)12-14-7-9-16(10-8-14)15-5-3-2-4-6-15/h2-10,13,17H,11-12H2,1H3,(H,26,29)(H,30,31)/t13-,17+/m1/s1. The SMILES string of the molecule is C[C@H](C[C@@H](Cc1ccc(-c2ccccc2)cc1)NC(=O)c1nnc(C(F)(F)F)o1)C(=O)O. The molecule has 1 aromatic heterocycles. The van der Waals surface area contributed by atoms with Gasteiger partial charge in [0.1, 0.15) is 0 Å². The number of benzene rings is 2. The smallest absolute Gasteiger partial charge is 0.470 e. The predicted octanol–water partition coefficient (Wildman–Crippen LogP) is 4.21. The van der Waals surface area contributed by atoms with E-state index in [1.165, 1.54) is 6.92 Å². The topological polar surface area (TPSA) is 105 Å². The molecule has 0 spiro atoms. The number of carboxylic acids is 1. The van der Waals surface area contributed by atoms with E-state index in [2.05, 4.69) is 19.9 Å². The molecule has 1 amide bonds. The van der Waals surface area contributed by atoms with Crippen LogP contribution in [0.5, 0.6) is 0 Å². The molecule has 0 saturated heterocycles. The van der Waals surface area contributed by atoms with Crippen molar-refractivity contribution in [3.63, 3.8) is 0 Å². The molecule has 0 aliphatic heterocycles. The highest BCUT2D eigenvalue weighted by atomic mass is 19.4. The molecule has 10 heteroatoms. The minimum atomic E-state index is -4.87. The van der Waals surface area contributed by atoms with Gasteiger partial charge in [0.15, 0.2) is 0 Å². The maximum absolute atomic E-state index is 12.6. The Bertz CT molecular complexity index is 1070. The predicted molar refractivity (Wildman–Crippen MR) is 108 cm³/mol. The Morgan fingerprint density at radius 3 is 2.22 bits per heavy atom. The Labute approximate surface area is 181 Å². The number of alkyl halides is 3. The number of aliphatic carboxylic acids is 1. The number of aromatic nitrogens is 2. The summed E-state index contributed by atoms with van der Waals surface area (Å²) in [6, 6.07) is 16.5. The minimum Gasteiger partial charge on any atom is -0.481 e. The van der Waals surface area contributed by atoms with E-state index in [1.807, 2.05) is 54.6 Å². The highest BCUT2D eigenvalue weighted by Crippen LogP contribution is 2.27. The number of carboxylic acid groups (broad SMARTS) is 1. The first-order valence-electron chi connectivity index (χ1n) is 9.72. The van der Waals surface area contributed by atoms with Gasteiger partial charge in [0.05, 0.1) is 5.92 Å². The van der Waals surface area contributed by atoms with Crippen molar-refractivity contribution in [2.45, 2.75) is 32.0 Å². The van der Waals surface area contributed by atoms with Crippen LogP contribution in [-0.2, 0) is 17.4 Å². The second-order valence-corrected chi connectivity index (χ2v) is 7.32. The maximum atomic E-state index is 12.6. The summed E-state index contributed by atoms with van der Waals surface area (Å²) in [5.41, 5.74) is 2.83. The number of carbonyl (C=O) groups is 2. The van der Waals surface area contributed by atoms with Crippen molar-refractivity contribution in [2.24, 2.45) is 5.92 Å². The molecule has 3 aromatic rings. The first kappa shape index (κ1) is 23.0. The minimum absolute atomic E-state index is 0.0573. The molecule has 0 radical (unpaired) electrons. The zero-order valence-electron chi connectivity index (χ0n) is 17.0. The second kappa shape index (κ2) is 9.63. The van der Waals surface area contributed by atoms with Crippen molar-refractivity contribution in [2.75, 3.05) is 0 Å². The van der Waals surface area contributed by atoms with E-state index in [-0.39, 0.29) is 12.8 Å². The largest absolute Gasteiger partial charge is 0.481 e. The van der Waals surface area contributed by atoms with Gasteiger partial charge in [0.2, 0.25) is 0 Å². The summed E-state index contributed by atoms with van der Waals surface area (Å²) < 4.78 is 42.3. The van der Waals surface area contributed by atoms with Crippen LogP contribution in [0.25, 0.3) is 11.1 Å². The van der Waals surface area contributed by atoms with Gasteiger partial charge in [-0.1, -0.05) is 61.5 Å². The molecule has 168 valence electrons. The number of halogens is 3. The molecule has 7 nitrogen and oxygen atoms in total. The van der Waals surface area contributed by atoms with Crippen LogP contribution in [0.4, 0.5) is 13.2 Å². The average molecular weight is 447 g/mol. The van der Waals surface area contributed by atoms with Crippen LogP contribution in [0.15, 0.2) is 59.0 Å². The van der Waals surface area contributed by atoms with Crippen molar-refractivity contribution >= 4 is 11.9 Å². The molecule has 0 fully saturated rings. The van der Waals surface area contributed by atoms with Crippen LogP contribution in [0, 0.1) is 5.92 Å². The highest BCUT2D eigenvalue weighted by molar-refractivity contribution is 5.89. The summed E-state index contributed by atoms with van der Waals surface area (Å²) >= 11 is 0. The molecule has 0 bridgehead atoms. The second-order valence-electron chi connectivity index (χ2n) is 7.32. The normalized spacial score (nSPS) is 13.4. The van der Waals surface area contributed by atoms with Gasteiger partial charge in [-0.3, -0.25) is 9.59 Å². The maximum Gasteiger partial charge on any atom is 0.470 e. The summed E-state index contributed by atoms with van der Waals surface area (Å²) in [7, 11) is 0. The third kappa shape index (κ3) is 5.93. The number of amides is 1. The van der Waals surface area contributed by atoms with Crippen molar-refractivity contribution < 1.29 is 32.3 Å². The third-order valence-electron chi connectivity index (χ3n) is 4.80. The van der Waals surface area contributed by atoms with Gasteiger partial charge >= 0.3 is 29.8 Å². The summed E-state index contributed by atoms with van der Waals surface area (Å²) in [6.45, 7) is 1.48.